The number of halogens is 2. The van der Waals surface area contributed by atoms with Crippen molar-refractivity contribution in [3.63, 3.8) is 0 Å². The van der Waals surface area contributed by atoms with Crippen molar-refractivity contribution in [1.29, 1.82) is 0 Å². The summed E-state index contributed by atoms with van der Waals surface area (Å²) in [6.45, 7) is 0. The maximum atomic E-state index is 5.74. The van der Waals surface area contributed by atoms with E-state index in [1.807, 2.05) is 42.5 Å². The molecule has 0 bridgehead atoms. The maximum absolute atomic E-state index is 5.74. The molecule has 0 aliphatic heterocycles. The van der Waals surface area contributed by atoms with Crippen LogP contribution in [0.2, 0.25) is 0 Å². The van der Waals surface area contributed by atoms with Crippen LogP contribution >= 0.6 is 38.5 Å². The van der Waals surface area contributed by atoms with E-state index in [0.717, 1.165) is 24.7 Å². The first-order valence-electron chi connectivity index (χ1n) is 5.04. The van der Waals surface area contributed by atoms with Gasteiger partial charge in [0, 0.05) is 13.6 Å². The molecule has 17 heavy (non-hydrogen) atoms. The fourth-order valence-electron chi connectivity index (χ4n) is 1.61. The number of hydrogen-bond donors (Lipinski definition) is 0. The molecule has 84 valence electrons. The highest BCUT2D eigenvalue weighted by molar-refractivity contribution is 14.1. The number of hydrogen-bond acceptors (Lipinski definition) is 2. The van der Waals surface area contributed by atoms with Crippen LogP contribution in [0.25, 0.3) is 22.6 Å². The summed E-state index contributed by atoms with van der Waals surface area (Å²) >= 11 is 5.67. The van der Waals surface area contributed by atoms with E-state index >= 15 is 0 Å². The lowest BCUT2D eigenvalue weighted by atomic mass is 10.2. The van der Waals surface area contributed by atoms with Crippen molar-refractivity contribution in [2.75, 3.05) is 0 Å². The van der Waals surface area contributed by atoms with Gasteiger partial charge in [-0.3, -0.25) is 0 Å². The summed E-state index contributed by atoms with van der Waals surface area (Å²) in [7, 11) is 0. The summed E-state index contributed by atoms with van der Waals surface area (Å²) in [6, 6.07) is 13.9. The van der Waals surface area contributed by atoms with Gasteiger partial charge in [0.15, 0.2) is 5.58 Å². The van der Waals surface area contributed by atoms with Gasteiger partial charge in [0.2, 0.25) is 5.89 Å². The minimum absolute atomic E-state index is 0.662. The second kappa shape index (κ2) is 4.42. The van der Waals surface area contributed by atoms with E-state index in [1.54, 1.807) is 0 Å². The quantitative estimate of drug-likeness (QED) is 0.546. The van der Waals surface area contributed by atoms with Gasteiger partial charge < -0.3 is 4.42 Å². The Bertz CT molecular complexity index is 675. The number of rotatable bonds is 1. The zero-order valence-electron chi connectivity index (χ0n) is 8.65. The lowest BCUT2D eigenvalue weighted by Crippen LogP contribution is -1.75. The Kier molecular flexibility index (Phi) is 2.92. The van der Waals surface area contributed by atoms with Crippen LogP contribution in [0.3, 0.4) is 0 Å². The van der Waals surface area contributed by atoms with Crippen LogP contribution in [0.4, 0.5) is 0 Å². The molecular weight excluding hydrogens is 393 g/mol. The van der Waals surface area contributed by atoms with Crippen LogP contribution in [0.1, 0.15) is 0 Å². The minimum atomic E-state index is 0.662. The fraction of sp³-hybridized carbons (Fsp3) is 0. The van der Waals surface area contributed by atoms with Crippen molar-refractivity contribution in [3.05, 3.63) is 50.5 Å². The van der Waals surface area contributed by atoms with Crippen molar-refractivity contribution < 1.29 is 4.42 Å². The molecule has 0 spiro atoms. The molecule has 0 radical (unpaired) electrons. The second-order valence-corrected chi connectivity index (χ2v) is 5.80. The first-order valence-corrected chi connectivity index (χ1v) is 6.91. The summed E-state index contributed by atoms with van der Waals surface area (Å²) in [5.41, 5.74) is 2.71. The largest absolute Gasteiger partial charge is 0.436 e. The van der Waals surface area contributed by atoms with Crippen LogP contribution in [0.15, 0.2) is 51.4 Å². The summed E-state index contributed by atoms with van der Waals surface area (Å²) < 4.78 is 7.94. The lowest BCUT2D eigenvalue weighted by Gasteiger charge is -1.94. The van der Waals surface area contributed by atoms with Crippen LogP contribution < -0.4 is 0 Å². The third kappa shape index (κ3) is 2.24. The average molecular weight is 400 g/mol. The van der Waals surface area contributed by atoms with E-state index in [9.17, 15) is 0 Å². The molecule has 0 atom stereocenters. The number of benzene rings is 2. The van der Waals surface area contributed by atoms with Gasteiger partial charge in [-0.05, 0) is 65.1 Å². The highest BCUT2D eigenvalue weighted by atomic mass is 127. The van der Waals surface area contributed by atoms with Gasteiger partial charge in [0.25, 0.3) is 0 Å². The van der Waals surface area contributed by atoms with Crippen LogP contribution in [-0.4, -0.2) is 4.98 Å². The van der Waals surface area contributed by atoms with E-state index in [-0.39, 0.29) is 0 Å². The van der Waals surface area contributed by atoms with Crippen molar-refractivity contribution in [3.8, 4) is 11.5 Å². The van der Waals surface area contributed by atoms with Crippen molar-refractivity contribution >= 4 is 49.6 Å². The Labute approximate surface area is 120 Å². The first-order chi connectivity index (χ1) is 8.22. The Morgan fingerprint density at radius 3 is 2.59 bits per heavy atom. The molecule has 0 saturated heterocycles. The molecule has 3 rings (SSSR count). The highest BCUT2D eigenvalue weighted by Crippen LogP contribution is 2.26. The van der Waals surface area contributed by atoms with E-state index in [2.05, 4.69) is 43.5 Å². The lowest BCUT2D eigenvalue weighted by molar-refractivity contribution is 0.619. The average Bonchev–Trinajstić information content (AvgIpc) is 2.72. The van der Waals surface area contributed by atoms with Crippen LogP contribution in [-0.2, 0) is 0 Å². The van der Waals surface area contributed by atoms with Gasteiger partial charge in [0.1, 0.15) is 5.52 Å². The molecule has 1 aromatic heterocycles. The fourth-order valence-corrected chi connectivity index (χ4v) is 2.34. The molecule has 0 aliphatic rings. The maximum Gasteiger partial charge on any atom is 0.227 e. The molecular formula is C13H7BrINO. The summed E-state index contributed by atoms with van der Waals surface area (Å²) in [5, 5.41) is 0. The monoisotopic (exact) mass is 399 g/mol. The molecule has 3 aromatic rings. The SMILES string of the molecule is Brc1ccc(-c2nc3ccc(I)cc3o2)cc1. The summed E-state index contributed by atoms with van der Waals surface area (Å²) in [4.78, 5) is 4.47. The van der Waals surface area contributed by atoms with Gasteiger partial charge in [-0.2, -0.15) is 0 Å². The number of oxazole rings is 1. The molecule has 2 aromatic carbocycles. The number of aromatic nitrogens is 1. The van der Waals surface area contributed by atoms with E-state index in [0.29, 0.717) is 5.89 Å². The molecule has 4 heteroatoms. The smallest absolute Gasteiger partial charge is 0.227 e. The summed E-state index contributed by atoms with van der Waals surface area (Å²) in [5.74, 6) is 0.662. The van der Waals surface area contributed by atoms with Crippen LogP contribution in [0, 0.1) is 3.57 Å². The normalized spacial score (nSPS) is 10.9. The molecule has 2 nitrogen and oxygen atoms in total. The summed E-state index contributed by atoms with van der Waals surface area (Å²) in [6.07, 6.45) is 0. The molecule has 0 saturated carbocycles. The van der Waals surface area contributed by atoms with Crippen LogP contribution in [0.5, 0.6) is 0 Å². The molecule has 0 N–H and O–H groups in total. The molecule has 0 fully saturated rings. The molecule has 0 unspecified atom stereocenters. The van der Waals surface area contributed by atoms with E-state index in [1.165, 1.54) is 0 Å². The Balaban J connectivity index is 2.14. The first kappa shape index (κ1) is 11.2. The predicted molar refractivity (Wildman–Crippen MR) is 79.9 cm³/mol. The zero-order chi connectivity index (χ0) is 11.8. The van der Waals surface area contributed by atoms with Crippen molar-refractivity contribution in [1.82, 2.24) is 4.98 Å². The zero-order valence-corrected chi connectivity index (χ0v) is 12.4. The third-order valence-corrected chi connectivity index (χ3v) is 3.64. The standard InChI is InChI=1S/C13H7BrINO/c14-9-3-1-8(2-4-9)13-16-11-6-5-10(15)7-12(11)17-13/h1-7H. The van der Waals surface area contributed by atoms with Gasteiger partial charge in [-0.15, -0.1) is 0 Å². The predicted octanol–water partition coefficient (Wildman–Crippen LogP) is 4.86. The van der Waals surface area contributed by atoms with E-state index in [4.69, 9.17) is 4.42 Å². The van der Waals surface area contributed by atoms with Gasteiger partial charge in [-0.25, -0.2) is 4.98 Å². The van der Waals surface area contributed by atoms with Crippen molar-refractivity contribution in [2.45, 2.75) is 0 Å². The van der Waals surface area contributed by atoms with Gasteiger partial charge >= 0.3 is 0 Å². The van der Waals surface area contributed by atoms with Crippen molar-refractivity contribution in [2.24, 2.45) is 0 Å². The molecule has 0 amide bonds. The van der Waals surface area contributed by atoms with Gasteiger partial charge in [0.05, 0.1) is 0 Å². The number of fused-ring (bicyclic) bond motifs is 1. The molecule has 1 heterocycles. The molecule has 0 aliphatic carbocycles. The second-order valence-electron chi connectivity index (χ2n) is 3.64. The topological polar surface area (TPSA) is 26.0 Å². The minimum Gasteiger partial charge on any atom is -0.436 e. The van der Waals surface area contributed by atoms with Gasteiger partial charge in [-0.1, -0.05) is 15.9 Å². The Morgan fingerprint density at radius 1 is 1.06 bits per heavy atom. The number of nitrogens with zero attached hydrogens (tertiary/aromatic N) is 1. The third-order valence-electron chi connectivity index (χ3n) is 2.44. The highest BCUT2D eigenvalue weighted by Gasteiger charge is 2.07. The Hall–Kier alpha value is -0.880. The Morgan fingerprint density at radius 2 is 1.82 bits per heavy atom. The van der Waals surface area contributed by atoms with E-state index < -0.39 is 0 Å².